The molecule has 0 radical (unpaired) electrons. The van der Waals surface area contributed by atoms with Crippen molar-refractivity contribution in [1.29, 1.82) is 0 Å². The second-order valence-corrected chi connectivity index (χ2v) is 4.44. The first-order valence-corrected chi connectivity index (χ1v) is 5.59. The highest BCUT2D eigenvalue weighted by Crippen LogP contribution is 2.27. The monoisotopic (exact) mass is 304 g/mol. The summed E-state index contributed by atoms with van der Waals surface area (Å²) < 4.78 is 39.1. The number of aromatic nitrogens is 2. The van der Waals surface area contributed by atoms with Crippen LogP contribution in [0.5, 0.6) is 0 Å². The van der Waals surface area contributed by atoms with Crippen molar-refractivity contribution in [2.45, 2.75) is 12.7 Å². The summed E-state index contributed by atoms with van der Waals surface area (Å²) in [4.78, 5) is 0. The predicted molar refractivity (Wildman–Crippen MR) is 60.5 cm³/mol. The lowest BCUT2D eigenvalue weighted by Gasteiger charge is -2.03. The highest BCUT2D eigenvalue weighted by atomic mass is 79.9. The standard InChI is InChI=1S/C11H8BrF3N2/c12-9-3-1-8(2-4-9)7-17-6-5-10(16-17)11(13,14)15/h1-6H,7H2. The van der Waals surface area contributed by atoms with Crippen LogP contribution in [0.1, 0.15) is 11.3 Å². The molecule has 17 heavy (non-hydrogen) atoms. The molecule has 1 aromatic heterocycles. The topological polar surface area (TPSA) is 17.8 Å². The van der Waals surface area contributed by atoms with Gasteiger partial charge in [-0.05, 0) is 23.8 Å². The zero-order chi connectivity index (χ0) is 12.5. The maximum atomic E-state index is 12.3. The van der Waals surface area contributed by atoms with Crippen molar-refractivity contribution in [3.05, 3.63) is 52.3 Å². The summed E-state index contributed by atoms with van der Waals surface area (Å²) in [7, 11) is 0. The lowest BCUT2D eigenvalue weighted by molar-refractivity contribution is -0.141. The maximum Gasteiger partial charge on any atom is 0.435 e. The summed E-state index contributed by atoms with van der Waals surface area (Å²) in [6.45, 7) is 0.323. The highest BCUT2D eigenvalue weighted by molar-refractivity contribution is 9.10. The van der Waals surface area contributed by atoms with Crippen LogP contribution in [0.3, 0.4) is 0 Å². The van der Waals surface area contributed by atoms with Crippen molar-refractivity contribution in [2.24, 2.45) is 0 Å². The number of nitrogens with zero attached hydrogens (tertiary/aromatic N) is 2. The molecule has 2 nitrogen and oxygen atoms in total. The van der Waals surface area contributed by atoms with Crippen LogP contribution in [0.25, 0.3) is 0 Å². The van der Waals surface area contributed by atoms with Crippen LogP contribution in [-0.2, 0) is 12.7 Å². The Kier molecular flexibility index (Phi) is 3.24. The Morgan fingerprint density at radius 1 is 1.12 bits per heavy atom. The third-order valence-electron chi connectivity index (χ3n) is 2.19. The molecule has 0 spiro atoms. The molecule has 0 bridgehead atoms. The molecule has 0 aliphatic carbocycles. The molecule has 0 aliphatic rings. The van der Waals surface area contributed by atoms with E-state index in [1.807, 2.05) is 24.3 Å². The van der Waals surface area contributed by atoms with Gasteiger partial charge in [-0.2, -0.15) is 18.3 Å². The quantitative estimate of drug-likeness (QED) is 0.827. The van der Waals surface area contributed by atoms with Crippen molar-refractivity contribution in [2.75, 3.05) is 0 Å². The molecule has 0 saturated carbocycles. The first-order chi connectivity index (χ1) is 7.95. The summed E-state index contributed by atoms with van der Waals surface area (Å²) in [5, 5.41) is 3.48. The molecule has 6 heteroatoms. The minimum atomic E-state index is -4.38. The van der Waals surface area contributed by atoms with Crippen LogP contribution in [0.2, 0.25) is 0 Å². The van der Waals surface area contributed by atoms with Crippen molar-refractivity contribution >= 4 is 15.9 Å². The van der Waals surface area contributed by atoms with Gasteiger partial charge in [-0.15, -0.1) is 0 Å². The highest BCUT2D eigenvalue weighted by Gasteiger charge is 2.33. The molecule has 90 valence electrons. The van der Waals surface area contributed by atoms with E-state index in [9.17, 15) is 13.2 Å². The summed E-state index contributed by atoms with van der Waals surface area (Å²) >= 11 is 3.29. The van der Waals surface area contributed by atoms with E-state index in [1.54, 1.807) is 0 Å². The van der Waals surface area contributed by atoms with Crippen LogP contribution < -0.4 is 0 Å². The second-order valence-electron chi connectivity index (χ2n) is 3.52. The molecular formula is C11H8BrF3N2. The number of hydrogen-bond acceptors (Lipinski definition) is 1. The number of benzene rings is 1. The molecular weight excluding hydrogens is 297 g/mol. The molecule has 0 fully saturated rings. The van der Waals surface area contributed by atoms with E-state index < -0.39 is 11.9 Å². The van der Waals surface area contributed by atoms with Gasteiger partial charge in [0.15, 0.2) is 5.69 Å². The van der Waals surface area contributed by atoms with Gasteiger partial charge in [0.2, 0.25) is 0 Å². The Balaban J connectivity index is 2.14. The van der Waals surface area contributed by atoms with Crippen molar-refractivity contribution in [3.63, 3.8) is 0 Å². The van der Waals surface area contributed by atoms with E-state index in [0.29, 0.717) is 6.54 Å². The van der Waals surface area contributed by atoms with Gasteiger partial charge in [0.1, 0.15) is 0 Å². The zero-order valence-corrected chi connectivity index (χ0v) is 10.2. The van der Waals surface area contributed by atoms with E-state index >= 15 is 0 Å². The molecule has 0 N–H and O–H groups in total. The fourth-order valence-electron chi connectivity index (χ4n) is 1.38. The average molecular weight is 305 g/mol. The molecule has 0 aliphatic heterocycles. The minimum absolute atomic E-state index is 0.323. The lowest BCUT2D eigenvalue weighted by Crippen LogP contribution is -2.08. The number of alkyl halides is 3. The minimum Gasteiger partial charge on any atom is -0.268 e. The summed E-state index contributed by atoms with van der Waals surface area (Å²) in [6.07, 6.45) is -3.06. The third-order valence-corrected chi connectivity index (χ3v) is 2.72. The van der Waals surface area contributed by atoms with Gasteiger partial charge in [-0.1, -0.05) is 28.1 Å². The maximum absolute atomic E-state index is 12.3. The summed E-state index contributed by atoms with van der Waals surface area (Å²) in [5.41, 5.74) is 0.0274. The molecule has 0 unspecified atom stereocenters. The molecule has 2 aromatic rings. The van der Waals surface area contributed by atoms with Gasteiger partial charge in [0, 0.05) is 10.7 Å². The predicted octanol–water partition coefficient (Wildman–Crippen LogP) is 3.71. The molecule has 0 amide bonds. The molecule has 1 aromatic carbocycles. The van der Waals surface area contributed by atoms with E-state index in [0.717, 1.165) is 16.1 Å². The van der Waals surface area contributed by atoms with Crippen LogP contribution >= 0.6 is 15.9 Å². The van der Waals surface area contributed by atoms with E-state index in [1.165, 1.54) is 10.9 Å². The lowest BCUT2D eigenvalue weighted by atomic mass is 10.2. The van der Waals surface area contributed by atoms with Crippen molar-refractivity contribution in [1.82, 2.24) is 9.78 Å². The van der Waals surface area contributed by atoms with E-state index in [2.05, 4.69) is 21.0 Å². The van der Waals surface area contributed by atoms with Gasteiger partial charge in [-0.3, -0.25) is 4.68 Å². The first kappa shape index (κ1) is 12.2. The van der Waals surface area contributed by atoms with E-state index in [4.69, 9.17) is 0 Å². The van der Waals surface area contributed by atoms with Gasteiger partial charge in [-0.25, -0.2) is 0 Å². The Bertz CT molecular complexity index is 502. The number of rotatable bonds is 2. The summed E-state index contributed by atoms with van der Waals surface area (Å²) in [6, 6.07) is 8.31. The second kappa shape index (κ2) is 4.52. The van der Waals surface area contributed by atoms with Crippen LogP contribution in [0.4, 0.5) is 13.2 Å². The number of hydrogen-bond donors (Lipinski definition) is 0. The Morgan fingerprint density at radius 3 is 2.29 bits per heavy atom. The van der Waals surface area contributed by atoms with Gasteiger partial charge in [0.25, 0.3) is 0 Å². The zero-order valence-electron chi connectivity index (χ0n) is 8.58. The van der Waals surface area contributed by atoms with Crippen LogP contribution in [0.15, 0.2) is 41.0 Å². The van der Waals surface area contributed by atoms with Gasteiger partial charge < -0.3 is 0 Å². The number of halogens is 4. The first-order valence-electron chi connectivity index (χ1n) is 4.80. The fourth-order valence-corrected chi connectivity index (χ4v) is 1.64. The van der Waals surface area contributed by atoms with Gasteiger partial charge >= 0.3 is 6.18 Å². The largest absolute Gasteiger partial charge is 0.435 e. The smallest absolute Gasteiger partial charge is 0.268 e. The fraction of sp³-hybridized carbons (Fsp3) is 0.182. The SMILES string of the molecule is FC(F)(F)c1ccn(Cc2ccc(Br)cc2)n1. The Hall–Kier alpha value is -1.30. The van der Waals surface area contributed by atoms with Crippen molar-refractivity contribution < 1.29 is 13.2 Å². The van der Waals surface area contributed by atoms with Crippen molar-refractivity contribution in [3.8, 4) is 0 Å². The average Bonchev–Trinajstić information content (AvgIpc) is 2.69. The Morgan fingerprint density at radius 2 is 1.76 bits per heavy atom. The third kappa shape index (κ3) is 3.09. The van der Waals surface area contributed by atoms with E-state index in [-0.39, 0.29) is 0 Å². The summed E-state index contributed by atoms with van der Waals surface area (Å²) in [5.74, 6) is 0. The molecule has 1 heterocycles. The molecule has 2 rings (SSSR count). The van der Waals surface area contributed by atoms with Crippen LogP contribution in [-0.4, -0.2) is 9.78 Å². The Labute approximate surface area is 104 Å². The normalized spacial score (nSPS) is 11.8. The molecule has 0 atom stereocenters. The van der Waals surface area contributed by atoms with Crippen LogP contribution in [0, 0.1) is 0 Å². The van der Waals surface area contributed by atoms with Gasteiger partial charge in [0.05, 0.1) is 6.54 Å². The molecule has 0 saturated heterocycles.